The second kappa shape index (κ2) is 7.21. The Bertz CT molecular complexity index is 493. The van der Waals surface area contributed by atoms with Gasteiger partial charge in [0.25, 0.3) is 0 Å². The monoisotopic (exact) mass is 300 g/mol. The molecule has 0 heterocycles. The van der Waals surface area contributed by atoms with E-state index < -0.39 is 6.61 Å². The van der Waals surface area contributed by atoms with Crippen LogP contribution in [0.25, 0.3) is 0 Å². The standard InChI is InChI=1S/C14H18F2N2O3/c1-20-11-5-4-10(8-12(11)21-14(15)16)18-13(19)6-7-17-9-2-3-9/h4-5,8-9,14,17H,2-3,6-7H2,1H3,(H,18,19). The molecule has 21 heavy (non-hydrogen) atoms. The molecule has 0 aromatic heterocycles. The van der Waals surface area contributed by atoms with Crippen LogP contribution in [-0.2, 0) is 4.79 Å². The van der Waals surface area contributed by atoms with Gasteiger partial charge in [-0.25, -0.2) is 0 Å². The lowest BCUT2D eigenvalue weighted by atomic mass is 10.2. The molecule has 1 aliphatic carbocycles. The van der Waals surface area contributed by atoms with Gasteiger partial charge in [-0.1, -0.05) is 0 Å². The molecule has 0 bridgehead atoms. The average molecular weight is 300 g/mol. The average Bonchev–Trinajstić information content (AvgIpc) is 3.22. The highest BCUT2D eigenvalue weighted by Crippen LogP contribution is 2.31. The quantitative estimate of drug-likeness (QED) is 0.774. The van der Waals surface area contributed by atoms with E-state index in [1.165, 1.54) is 19.2 Å². The Hall–Kier alpha value is -1.89. The molecule has 0 saturated heterocycles. The first-order valence-electron chi connectivity index (χ1n) is 6.74. The number of rotatable bonds is 8. The zero-order chi connectivity index (χ0) is 15.2. The third-order valence-corrected chi connectivity index (χ3v) is 3.03. The molecule has 1 amide bonds. The highest BCUT2D eigenvalue weighted by Gasteiger charge is 2.20. The predicted molar refractivity (Wildman–Crippen MR) is 73.9 cm³/mol. The van der Waals surface area contributed by atoms with Gasteiger partial charge in [0.05, 0.1) is 7.11 Å². The smallest absolute Gasteiger partial charge is 0.387 e. The molecule has 1 aromatic rings. The van der Waals surface area contributed by atoms with Crippen LogP contribution in [0.1, 0.15) is 19.3 Å². The zero-order valence-electron chi connectivity index (χ0n) is 11.7. The Morgan fingerprint density at radius 3 is 2.76 bits per heavy atom. The van der Waals surface area contributed by atoms with E-state index in [1.54, 1.807) is 6.07 Å². The molecule has 1 saturated carbocycles. The van der Waals surface area contributed by atoms with Crippen LogP contribution in [0, 0.1) is 0 Å². The Morgan fingerprint density at radius 1 is 1.38 bits per heavy atom. The second-order valence-corrected chi connectivity index (χ2v) is 4.77. The summed E-state index contributed by atoms with van der Waals surface area (Å²) in [6, 6.07) is 4.90. The van der Waals surface area contributed by atoms with Crippen molar-refractivity contribution >= 4 is 11.6 Å². The van der Waals surface area contributed by atoms with E-state index in [2.05, 4.69) is 15.4 Å². The Labute approximate surface area is 121 Å². The number of amides is 1. The van der Waals surface area contributed by atoms with Crippen LogP contribution < -0.4 is 20.1 Å². The van der Waals surface area contributed by atoms with Gasteiger partial charge in [0, 0.05) is 30.8 Å². The second-order valence-electron chi connectivity index (χ2n) is 4.77. The summed E-state index contributed by atoms with van der Waals surface area (Å²) in [6.07, 6.45) is 2.65. The number of benzene rings is 1. The summed E-state index contributed by atoms with van der Waals surface area (Å²) >= 11 is 0. The van der Waals surface area contributed by atoms with E-state index in [-0.39, 0.29) is 17.4 Å². The molecule has 0 spiro atoms. The summed E-state index contributed by atoms with van der Waals surface area (Å²) in [6.45, 7) is -2.35. The van der Waals surface area contributed by atoms with Gasteiger partial charge in [-0.3, -0.25) is 4.79 Å². The van der Waals surface area contributed by atoms with Crippen LogP contribution in [0.3, 0.4) is 0 Å². The van der Waals surface area contributed by atoms with Gasteiger partial charge in [-0.2, -0.15) is 8.78 Å². The van der Waals surface area contributed by atoms with Crippen molar-refractivity contribution in [2.75, 3.05) is 19.0 Å². The van der Waals surface area contributed by atoms with Gasteiger partial charge >= 0.3 is 6.61 Å². The fourth-order valence-corrected chi connectivity index (χ4v) is 1.84. The SMILES string of the molecule is COc1ccc(NC(=O)CCNC2CC2)cc1OC(F)F. The largest absolute Gasteiger partial charge is 0.493 e. The number of carbonyl (C=O) groups excluding carboxylic acids is 1. The first kappa shape index (κ1) is 15.5. The van der Waals surface area contributed by atoms with E-state index in [0.717, 1.165) is 12.8 Å². The van der Waals surface area contributed by atoms with Gasteiger partial charge in [0.15, 0.2) is 11.5 Å². The molecule has 116 valence electrons. The van der Waals surface area contributed by atoms with Crippen molar-refractivity contribution in [2.45, 2.75) is 31.9 Å². The van der Waals surface area contributed by atoms with Crippen LogP contribution in [0.2, 0.25) is 0 Å². The topological polar surface area (TPSA) is 59.6 Å². The number of methoxy groups -OCH3 is 1. The predicted octanol–water partition coefficient (Wildman–Crippen LogP) is 2.38. The van der Waals surface area contributed by atoms with Gasteiger partial charge in [-0.05, 0) is 25.0 Å². The lowest BCUT2D eigenvalue weighted by molar-refractivity contribution is -0.116. The molecule has 1 fully saturated rings. The van der Waals surface area contributed by atoms with Crippen molar-refractivity contribution < 1.29 is 23.0 Å². The maximum atomic E-state index is 12.3. The third-order valence-electron chi connectivity index (χ3n) is 3.03. The molecule has 1 aliphatic rings. The van der Waals surface area contributed by atoms with Crippen molar-refractivity contribution in [2.24, 2.45) is 0 Å². The van der Waals surface area contributed by atoms with Crippen LogP contribution in [0.4, 0.5) is 14.5 Å². The van der Waals surface area contributed by atoms with Gasteiger partial charge in [0.2, 0.25) is 5.91 Å². The maximum absolute atomic E-state index is 12.3. The lowest BCUT2D eigenvalue weighted by Gasteiger charge is -2.12. The maximum Gasteiger partial charge on any atom is 0.387 e. The molecular formula is C14H18F2N2O3. The summed E-state index contributed by atoms with van der Waals surface area (Å²) in [5.41, 5.74) is 0.392. The van der Waals surface area contributed by atoms with Gasteiger partial charge < -0.3 is 20.1 Å². The van der Waals surface area contributed by atoms with E-state index >= 15 is 0 Å². The molecule has 0 unspecified atom stereocenters. The lowest BCUT2D eigenvalue weighted by Crippen LogP contribution is -2.23. The fraction of sp³-hybridized carbons (Fsp3) is 0.500. The number of hydrogen-bond acceptors (Lipinski definition) is 4. The number of halogens is 2. The molecule has 0 aliphatic heterocycles. The molecule has 2 rings (SSSR count). The van der Waals surface area contributed by atoms with Gasteiger partial charge in [0.1, 0.15) is 0 Å². The van der Waals surface area contributed by atoms with Crippen LogP contribution in [0.15, 0.2) is 18.2 Å². The minimum atomic E-state index is -2.95. The van der Waals surface area contributed by atoms with Crippen LogP contribution >= 0.6 is 0 Å². The first-order chi connectivity index (χ1) is 10.1. The number of ether oxygens (including phenoxy) is 2. The van der Waals surface area contributed by atoms with Crippen molar-refractivity contribution in [3.63, 3.8) is 0 Å². The van der Waals surface area contributed by atoms with E-state index in [9.17, 15) is 13.6 Å². The van der Waals surface area contributed by atoms with Crippen molar-refractivity contribution in [3.05, 3.63) is 18.2 Å². The number of carbonyl (C=O) groups is 1. The molecule has 0 radical (unpaired) electrons. The highest BCUT2D eigenvalue weighted by molar-refractivity contribution is 5.91. The molecular weight excluding hydrogens is 282 g/mol. The molecule has 7 heteroatoms. The Balaban J connectivity index is 1.90. The fourth-order valence-electron chi connectivity index (χ4n) is 1.84. The summed E-state index contributed by atoms with van der Waals surface area (Å²) in [5.74, 6) is -0.110. The Kier molecular flexibility index (Phi) is 5.32. The minimum absolute atomic E-state index is 0.110. The minimum Gasteiger partial charge on any atom is -0.493 e. The summed E-state index contributed by atoms with van der Waals surface area (Å²) < 4.78 is 33.9. The highest BCUT2D eigenvalue weighted by atomic mass is 19.3. The number of alkyl halides is 2. The summed E-state index contributed by atoms with van der Waals surface area (Å²) in [7, 11) is 1.36. The molecule has 5 nitrogen and oxygen atoms in total. The van der Waals surface area contributed by atoms with Crippen molar-refractivity contribution in [1.29, 1.82) is 0 Å². The third kappa shape index (κ3) is 5.18. The number of nitrogens with one attached hydrogen (secondary N) is 2. The molecule has 2 N–H and O–H groups in total. The van der Waals surface area contributed by atoms with Crippen LogP contribution in [-0.4, -0.2) is 32.2 Å². The summed E-state index contributed by atoms with van der Waals surface area (Å²) in [5, 5.41) is 5.87. The molecule has 0 atom stereocenters. The van der Waals surface area contributed by atoms with E-state index in [1.807, 2.05) is 0 Å². The van der Waals surface area contributed by atoms with Crippen LogP contribution in [0.5, 0.6) is 11.5 Å². The van der Waals surface area contributed by atoms with Crippen molar-refractivity contribution in [3.8, 4) is 11.5 Å². The molecule has 1 aromatic carbocycles. The van der Waals surface area contributed by atoms with E-state index in [0.29, 0.717) is 24.7 Å². The zero-order valence-corrected chi connectivity index (χ0v) is 11.7. The van der Waals surface area contributed by atoms with Crippen molar-refractivity contribution in [1.82, 2.24) is 5.32 Å². The van der Waals surface area contributed by atoms with Gasteiger partial charge in [-0.15, -0.1) is 0 Å². The number of hydrogen-bond donors (Lipinski definition) is 2. The normalized spacial score (nSPS) is 14.1. The number of anilines is 1. The van der Waals surface area contributed by atoms with E-state index in [4.69, 9.17) is 4.74 Å². The Morgan fingerprint density at radius 2 is 2.14 bits per heavy atom. The summed E-state index contributed by atoms with van der Waals surface area (Å²) in [4.78, 5) is 11.7. The first-order valence-corrected chi connectivity index (χ1v) is 6.74.